The quantitative estimate of drug-likeness (QED) is 0.645. The van der Waals surface area contributed by atoms with Gasteiger partial charge in [-0.3, -0.25) is 9.59 Å². The number of hydrogen-bond donors (Lipinski definition) is 3. The minimum Gasteiger partial charge on any atom is -0.399 e. The Hall–Kier alpha value is -2.60. The number of carbonyl (C=O) groups is 2. The number of aryl methyl sites for hydroxylation is 1. The number of halogens is 2. The van der Waals surface area contributed by atoms with Crippen LogP contribution >= 0.6 is 12.4 Å². The normalized spacial score (nSPS) is 16.3. The molecule has 5 nitrogen and oxygen atoms in total. The molecule has 2 aromatic rings. The number of anilines is 1. The minimum atomic E-state index is -0.758. The maximum Gasteiger partial charge on any atom is 0.254 e. The zero-order valence-electron chi connectivity index (χ0n) is 16.6. The molecule has 0 heterocycles. The van der Waals surface area contributed by atoms with Crippen LogP contribution in [-0.4, -0.2) is 17.9 Å². The number of benzene rings is 2. The van der Waals surface area contributed by atoms with Crippen LogP contribution in [0.25, 0.3) is 0 Å². The third-order valence-corrected chi connectivity index (χ3v) is 5.15. The maximum absolute atomic E-state index is 13.9. The lowest BCUT2D eigenvalue weighted by atomic mass is 9.87. The number of carbonyl (C=O) groups excluding carboxylic acids is 2. The molecule has 2 atom stereocenters. The first kappa shape index (κ1) is 22.7. The second-order valence-corrected chi connectivity index (χ2v) is 7.59. The summed E-state index contributed by atoms with van der Waals surface area (Å²) >= 11 is 0. The van der Waals surface area contributed by atoms with E-state index in [4.69, 9.17) is 5.73 Å². The van der Waals surface area contributed by atoms with Crippen LogP contribution in [0.5, 0.6) is 0 Å². The molecule has 7 heteroatoms. The van der Waals surface area contributed by atoms with Crippen LogP contribution in [0, 0.1) is 11.7 Å². The standard InChI is InChI=1S/C22H26FN3O2.ClH/c1-13(2)20(26-21(27)17-7-3-4-8-18(17)23)22(28)25-19-9-5-6-14-12-15(24)10-11-16(14)19;/h3-4,7-8,10-13,19-20H,5-6,9,24H2,1-2H3,(H,25,28)(H,26,27);1H. The summed E-state index contributed by atoms with van der Waals surface area (Å²) in [6.07, 6.45) is 2.72. The van der Waals surface area contributed by atoms with Gasteiger partial charge in [0.15, 0.2) is 0 Å². The highest BCUT2D eigenvalue weighted by Crippen LogP contribution is 2.31. The van der Waals surface area contributed by atoms with E-state index in [1.165, 1.54) is 18.2 Å². The molecule has 0 saturated carbocycles. The first-order chi connectivity index (χ1) is 13.4. The number of fused-ring (bicyclic) bond motifs is 1. The van der Waals surface area contributed by atoms with Crippen LogP contribution in [0.3, 0.4) is 0 Å². The number of rotatable bonds is 5. The van der Waals surface area contributed by atoms with Crippen molar-refractivity contribution >= 4 is 29.9 Å². The average Bonchev–Trinajstić information content (AvgIpc) is 2.65. The molecule has 0 aliphatic heterocycles. The van der Waals surface area contributed by atoms with E-state index in [0.717, 1.165) is 30.4 Å². The second kappa shape index (κ2) is 9.74. The van der Waals surface area contributed by atoms with Crippen molar-refractivity contribution in [3.05, 3.63) is 65.0 Å². The molecule has 1 aliphatic rings. The minimum absolute atomic E-state index is 0. The smallest absolute Gasteiger partial charge is 0.254 e. The predicted molar refractivity (Wildman–Crippen MR) is 114 cm³/mol. The third-order valence-electron chi connectivity index (χ3n) is 5.15. The van der Waals surface area contributed by atoms with Gasteiger partial charge in [-0.2, -0.15) is 0 Å². The van der Waals surface area contributed by atoms with E-state index in [1.807, 2.05) is 32.0 Å². The first-order valence-corrected chi connectivity index (χ1v) is 9.61. The molecule has 0 radical (unpaired) electrons. The van der Waals surface area contributed by atoms with Gasteiger partial charge in [0.2, 0.25) is 5.91 Å². The van der Waals surface area contributed by atoms with E-state index in [9.17, 15) is 14.0 Å². The third kappa shape index (κ3) is 5.26. The number of hydrogen-bond acceptors (Lipinski definition) is 3. The summed E-state index contributed by atoms with van der Waals surface area (Å²) in [5.41, 5.74) is 8.73. The second-order valence-electron chi connectivity index (χ2n) is 7.59. The van der Waals surface area contributed by atoms with Gasteiger partial charge in [-0.15, -0.1) is 12.4 Å². The van der Waals surface area contributed by atoms with Gasteiger partial charge >= 0.3 is 0 Å². The molecular formula is C22H27ClFN3O2. The summed E-state index contributed by atoms with van der Waals surface area (Å²) in [6.45, 7) is 3.70. The van der Waals surface area contributed by atoms with Gasteiger partial charge in [-0.1, -0.05) is 32.0 Å². The Balaban J connectivity index is 0.00000300. The number of nitrogen functional groups attached to an aromatic ring is 1. The van der Waals surface area contributed by atoms with Gasteiger partial charge in [-0.25, -0.2) is 4.39 Å². The summed E-state index contributed by atoms with van der Waals surface area (Å²) in [5.74, 6) is -1.62. The molecular weight excluding hydrogens is 393 g/mol. The first-order valence-electron chi connectivity index (χ1n) is 9.61. The van der Waals surface area contributed by atoms with Crippen molar-refractivity contribution in [2.24, 2.45) is 5.92 Å². The highest BCUT2D eigenvalue weighted by atomic mass is 35.5. The molecule has 2 amide bonds. The topological polar surface area (TPSA) is 84.2 Å². The summed E-state index contributed by atoms with van der Waals surface area (Å²) < 4.78 is 13.9. The van der Waals surface area contributed by atoms with Gasteiger partial charge in [0.1, 0.15) is 11.9 Å². The molecule has 0 bridgehead atoms. The Morgan fingerprint density at radius 3 is 2.59 bits per heavy atom. The lowest BCUT2D eigenvalue weighted by molar-refractivity contribution is -0.124. The highest BCUT2D eigenvalue weighted by molar-refractivity contribution is 5.97. The summed E-state index contributed by atoms with van der Waals surface area (Å²) in [4.78, 5) is 25.4. The molecule has 156 valence electrons. The van der Waals surface area contributed by atoms with E-state index in [2.05, 4.69) is 10.6 Å². The molecule has 4 N–H and O–H groups in total. The van der Waals surface area contributed by atoms with Crippen molar-refractivity contribution in [2.75, 3.05) is 5.73 Å². The van der Waals surface area contributed by atoms with E-state index in [0.29, 0.717) is 5.69 Å². The Labute approximate surface area is 176 Å². The van der Waals surface area contributed by atoms with Crippen LogP contribution in [0.15, 0.2) is 42.5 Å². The Bertz CT molecular complexity index is 888. The van der Waals surface area contributed by atoms with Crippen LogP contribution < -0.4 is 16.4 Å². The average molecular weight is 420 g/mol. The van der Waals surface area contributed by atoms with E-state index in [1.54, 1.807) is 6.07 Å². The zero-order valence-corrected chi connectivity index (χ0v) is 17.4. The SMILES string of the molecule is CC(C)C(NC(=O)c1ccccc1F)C(=O)NC1CCCc2cc(N)ccc21.Cl. The van der Waals surface area contributed by atoms with Crippen LogP contribution in [0.1, 0.15) is 54.2 Å². The largest absolute Gasteiger partial charge is 0.399 e. The molecule has 2 aromatic carbocycles. The molecule has 0 aromatic heterocycles. The van der Waals surface area contributed by atoms with Crippen molar-refractivity contribution in [3.63, 3.8) is 0 Å². The summed E-state index contributed by atoms with van der Waals surface area (Å²) in [5, 5.41) is 5.74. The predicted octanol–water partition coefficient (Wildman–Crippen LogP) is 3.78. The van der Waals surface area contributed by atoms with Crippen molar-refractivity contribution in [3.8, 4) is 0 Å². The summed E-state index contributed by atoms with van der Waals surface area (Å²) in [6, 6.07) is 10.6. The fourth-order valence-corrected chi connectivity index (χ4v) is 3.64. The van der Waals surface area contributed by atoms with Crippen LogP contribution in [0.2, 0.25) is 0 Å². The fraction of sp³-hybridized carbons (Fsp3) is 0.364. The molecule has 0 fully saturated rings. The molecule has 2 unspecified atom stereocenters. The van der Waals surface area contributed by atoms with Crippen molar-refractivity contribution < 1.29 is 14.0 Å². The molecule has 3 rings (SSSR count). The Morgan fingerprint density at radius 1 is 1.17 bits per heavy atom. The fourth-order valence-electron chi connectivity index (χ4n) is 3.64. The van der Waals surface area contributed by atoms with Crippen molar-refractivity contribution in [1.29, 1.82) is 0 Å². The monoisotopic (exact) mass is 419 g/mol. The molecule has 1 aliphatic carbocycles. The van der Waals surface area contributed by atoms with Gasteiger partial charge in [0, 0.05) is 5.69 Å². The Kier molecular flexibility index (Phi) is 7.62. The van der Waals surface area contributed by atoms with Crippen LogP contribution in [0.4, 0.5) is 10.1 Å². The summed E-state index contributed by atoms with van der Waals surface area (Å²) in [7, 11) is 0. The molecule has 0 saturated heterocycles. The number of nitrogens with two attached hydrogens (primary N) is 1. The van der Waals surface area contributed by atoms with E-state index >= 15 is 0 Å². The highest BCUT2D eigenvalue weighted by Gasteiger charge is 2.29. The lowest BCUT2D eigenvalue weighted by Crippen LogP contribution is -2.50. The van der Waals surface area contributed by atoms with Gasteiger partial charge in [-0.05, 0) is 60.6 Å². The van der Waals surface area contributed by atoms with E-state index < -0.39 is 17.8 Å². The van der Waals surface area contributed by atoms with Crippen molar-refractivity contribution in [1.82, 2.24) is 10.6 Å². The number of nitrogens with one attached hydrogen (secondary N) is 2. The van der Waals surface area contributed by atoms with Gasteiger partial charge in [0.25, 0.3) is 5.91 Å². The van der Waals surface area contributed by atoms with E-state index in [-0.39, 0.29) is 35.8 Å². The van der Waals surface area contributed by atoms with Gasteiger partial charge in [0.05, 0.1) is 11.6 Å². The lowest BCUT2D eigenvalue weighted by Gasteiger charge is -2.29. The number of amides is 2. The Morgan fingerprint density at radius 2 is 1.90 bits per heavy atom. The van der Waals surface area contributed by atoms with Crippen molar-refractivity contribution in [2.45, 2.75) is 45.2 Å². The molecule has 29 heavy (non-hydrogen) atoms. The molecule has 0 spiro atoms. The zero-order chi connectivity index (χ0) is 20.3. The van der Waals surface area contributed by atoms with Gasteiger partial charge < -0.3 is 16.4 Å². The van der Waals surface area contributed by atoms with Crippen LogP contribution in [-0.2, 0) is 11.2 Å². The maximum atomic E-state index is 13.9.